The molecule has 0 N–H and O–H groups in total. The van der Waals surface area contributed by atoms with Crippen LogP contribution < -0.4 is 0 Å². The van der Waals surface area contributed by atoms with E-state index in [1.807, 2.05) is 0 Å². The summed E-state index contributed by atoms with van der Waals surface area (Å²) in [5.41, 5.74) is 0. The molecule has 0 aromatic carbocycles. The molecule has 0 saturated heterocycles. The summed E-state index contributed by atoms with van der Waals surface area (Å²) in [7, 11) is 0. The summed E-state index contributed by atoms with van der Waals surface area (Å²) in [5, 5.41) is 0. The average Bonchev–Trinajstić information content (AvgIpc) is 2.90. The van der Waals surface area contributed by atoms with Crippen molar-refractivity contribution in [1.29, 1.82) is 0 Å². The molecule has 0 radical (unpaired) electrons. The van der Waals surface area contributed by atoms with Gasteiger partial charge in [0.15, 0.2) is 0 Å². The number of amides is 4. The Bertz CT molecular complexity index is 428. The topological polar surface area (TPSA) is 93.2 Å². The van der Waals surface area contributed by atoms with Gasteiger partial charge in [0.2, 0.25) is 0 Å². The summed E-state index contributed by atoms with van der Waals surface area (Å²) >= 11 is 0. The molecule has 0 bridgehead atoms. The van der Waals surface area contributed by atoms with Crippen molar-refractivity contribution in [3.63, 3.8) is 0 Å². The number of imide groups is 2. The highest BCUT2D eigenvalue weighted by Crippen LogP contribution is 2.04. The van der Waals surface area contributed by atoms with E-state index in [9.17, 15) is 19.2 Å². The monoisotopic (exact) mass is 280 g/mol. The van der Waals surface area contributed by atoms with Crippen molar-refractivity contribution < 1.29 is 28.7 Å². The summed E-state index contributed by atoms with van der Waals surface area (Å²) in [6, 6.07) is 0. The average molecular weight is 280 g/mol. The number of nitrogens with zero attached hydrogens (tertiary/aromatic N) is 2. The van der Waals surface area contributed by atoms with Gasteiger partial charge in [-0.25, -0.2) is 0 Å². The number of carbonyl (C=O) groups excluding carboxylic acids is 4. The maximum atomic E-state index is 11.2. The molecule has 2 aliphatic heterocycles. The second-order valence-corrected chi connectivity index (χ2v) is 3.95. The molecule has 0 fully saturated rings. The zero-order valence-electron chi connectivity index (χ0n) is 10.5. The molecule has 8 heteroatoms. The van der Waals surface area contributed by atoms with Gasteiger partial charge in [0.1, 0.15) is 13.5 Å². The van der Waals surface area contributed by atoms with Crippen molar-refractivity contribution in [1.82, 2.24) is 9.80 Å². The lowest BCUT2D eigenvalue weighted by atomic mass is 10.6. The van der Waals surface area contributed by atoms with Crippen LogP contribution >= 0.6 is 0 Å². The highest BCUT2D eigenvalue weighted by Gasteiger charge is 2.24. The molecule has 2 rings (SSSR count). The Morgan fingerprint density at radius 1 is 0.650 bits per heavy atom. The minimum atomic E-state index is -0.421. The maximum Gasteiger partial charge on any atom is 0.255 e. The third kappa shape index (κ3) is 3.16. The summed E-state index contributed by atoms with van der Waals surface area (Å²) in [5.74, 6) is -1.68. The molecule has 20 heavy (non-hydrogen) atoms. The number of hydrogen-bond acceptors (Lipinski definition) is 6. The first-order valence-corrected chi connectivity index (χ1v) is 5.82. The maximum absolute atomic E-state index is 11.2. The smallest absolute Gasteiger partial charge is 0.255 e. The van der Waals surface area contributed by atoms with Crippen LogP contribution in [0.2, 0.25) is 0 Å². The van der Waals surface area contributed by atoms with E-state index in [2.05, 4.69) is 0 Å². The molecule has 0 aromatic rings. The second kappa shape index (κ2) is 6.22. The zero-order valence-corrected chi connectivity index (χ0v) is 10.5. The molecule has 2 heterocycles. The van der Waals surface area contributed by atoms with Crippen molar-refractivity contribution in [2.75, 3.05) is 26.7 Å². The van der Waals surface area contributed by atoms with E-state index >= 15 is 0 Å². The Kier molecular flexibility index (Phi) is 4.38. The van der Waals surface area contributed by atoms with Crippen molar-refractivity contribution in [2.45, 2.75) is 0 Å². The van der Waals surface area contributed by atoms with Crippen LogP contribution in [0.15, 0.2) is 24.3 Å². The minimum absolute atomic E-state index is 0.126. The normalized spacial score (nSPS) is 18.0. The van der Waals surface area contributed by atoms with Gasteiger partial charge < -0.3 is 9.47 Å². The van der Waals surface area contributed by atoms with Gasteiger partial charge in [0.25, 0.3) is 23.6 Å². The van der Waals surface area contributed by atoms with E-state index in [4.69, 9.17) is 9.47 Å². The Morgan fingerprint density at radius 3 is 1.25 bits per heavy atom. The largest absolute Gasteiger partial charge is 0.358 e. The van der Waals surface area contributed by atoms with Crippen molar-refractivity contribution in [3.05, 3.63) is 24.3 Å². The summed E-state index contributed by atoms with van der Waals surface area (Å²) in [6.07, 6.45) is 4.67. The third-order valence-corrected chi connectivity index (χ3v) is 2.61. The molecule has 2 aliphatic rings. The van der Waals surface area contributed by atoms with Crippen molar-refractivity contribution in [3.8, 4) is 0 Å². The van der Waals surface area contributed by atoms with Crippen LogP contribution in [-0.2, 0) is 28.7 Å². The molecule has 0 aromatic heterocycles. The fraction of sp³-hybridized carbons (Fsp3) is 0.333. The second-order valence-electron chi connectivity index (χ2n) is 3.95. The van der Waals surface area contributed by atoms with Gasteiger partial charge in [-0.1, -0.05) is 0 Å². The number of rotatable bonds is 7. The first kappa shape index (κ1) is 14.1. The number of hydrogen-bond donors (Lipinski definition) is 0. The lowest BCUT2D eigenvalue weighted by Crippen LogP contribution is -2.34. The SMILES string of the molecule is O=C1C=CC(=O)N1COCCOCN1C(=O)C=CC1=O. The van der Waals surface area contributed by atoms with Crippen LogP contribution in [0.4, 0.5) is 0 Å². The Morgan fingerprint density at radius 2 is 0.950 bits per heavy atom. The summed E-state index contributed by atoms with van der Waals surface area (Å²) in [4.78, 5) is 46.6. The first-order chi connectivity index (χ1) is 9.59. The van der Waals surface area contributed by atoms with Crippen molar-refractivity contribution in [2.24, 2.45) is 0 Å². The molecule has 0 unspecified atom stereocenters. The third-order valence-electron chi connectivity index (χ3n) is 2.61. The fourth-order valence-corrected chi connectivity index (χ4v) is 1.55. The first-order valence-electron chi connectivity index (χ1n) is 5.82. The summed E-state index contributed by atoms with van der Waals surface area (Å²) < 4.78 is 10.2. The van der Waals surface area contributed by atoms with Crippen LogP contribution in [0.1, 0.15) is 0 Å². The van der Waals surface area contributed by atoms with E-state index < -0.39 is 23.6 Å². The number of carbonyl (C=O) groups is 4. The van der Waals surface area contributed by atoms with Gasteiger partial charge >= 0.3 is 0 Å². The van der Waals surface area contributed by atoms with Gasteiger partial charge in [-0.05, 0) is 0 Å². The molecule has 8 nitrogen and oxygen atoms in total. The van der Waals surface area contributed by atoms with E-state index in [1.54, 1.807) is 0 Å². The minimum Gasteiger partial charge on any atom is -0.358 e. The number of ether oxygens (including phenoxy) is 2. The molecule has 106 valence electrons. The predicted molar refractivity (Wildman–Crippen MR) is 63.6 cm³/mol. The lowest BCUT2D eigenvalue weighted by Gasteiger charge is -2.15. The standard InChI is InChI=1S/C12H12N2O6/c15-9-1-2-10(16)13(9)7-19-5-6-20-8-14-11(17)3-4-12(14)18/h1-4H,5-8H2. The zero-order chi connectivity index (χ0) is 14.5. The van der Waals surface area contributed by atoms with Gasteiger partial charge in [-0.3, -0.25) is 29.0 Å². The van der Waals surface area contributed by atoms with Crippen LogP contribution in [0.3, 0.4) is 0 Å². The van der Waals surface area contributed by atoms with E-state index in [0.29, 0.717) is 0 Å². The van der Waals surface area contributed by atoms with Gasteiger partial charge in [0, 0.05) is 24.3 Å². The van der Waals surface area contributed by atoms with E-state index in [-0.39, 0.29) is 26.7 Å². The van der Waals surface area contributed by atoms with E-state index in [1.165, 1.54) is 24.3 Å². The van der Waals surface area contributed by atoms with Crippen molar-refractivity contribution >= 4 is 23.6 Å². The summed E-state index contributed by atoms with van der Waals surface area (Å²) in [6.45, 7) is -0.0598. The molecule has 4 amide bonds. The quantitative estimate of drug-likeness (QED) is 0.429. The molecular weight excluding hydrogens is 268 g/mol. The fourth-order valence-electron chi connectivity index (χ4n) is 1.55. The molecular formula is C12H12N2O6. The van der Waals surface area contributed by atoms with Crippen LogP contribution in [0.25, 0.3) is 0 Å². The molecule has 0 spiro atoms. The van der Waals surface area contributed by atoms with E-state index in [0.717, 1.165) is 9.80 Å². The van der Waals surface area contributed by atoms with Gasteiger partial charge in [0.05, 0.1) is 13.2 Å². The Hall–Kier alpha value is -2.32. The molecule has 0 aliphatic carbocycles. The highest BCUT2D eigenvalue weighted by molar-refractivity contribution is 6.13. The molecule has 0 saturated carbocycles. The van der Waals surface area contributed by atoms with Gasteiger partial charge in [-0.15, -0.1) is 0 Å². The van der Waals surface area contributed by atoms with Crippen LogP contribution in [0, 0.1) is 0 Å². The predicted octanol–water partition coefficient (Wildman–Crippen LogP) is -1.22. The lowest BCUT2D eigenvalue weighted by molar-refractivity contribution is -0.147. The van der Waals surface area contributed by atoms with Crippen LogP contribution in [0.5, 0.6) is 0 Å². The van der Waals surface area contributed by atoms with Gasteiger partial charge in [-0.2, -0.15) is 0 Å². The molecule has 0 atom stereocenters. The van der Waals surface area contributed by atoms with Crippen LogP contribution in [-0.4, -0.2) is 60.1 Å². The Balaban J connectivity index is 1.56. The Labute approximate surface area is 114 Å². The highest BCUT2D eigenvalue weighted by atomic mass is 16.5.